The van der Waals surface area contributed by atoms with Gasteiger partial charge in [0.05, 0.1) is 5.92 Å². The maximum atomic E-state index is 11.5. The van der Waals surface area contributed by atoms with Crippen molar-refractivity contribution < 1.29 is 9.53 Å². The Kier molecular flexibility index (Phi) is 5.88. The summed E-state index contributed by atoms with van der Waals surface area (Å²) in [7, 11) is 0. The molecule has 1 aromatic heterocycles. The van der Waals surface area contributed by atoms with Crippen molar-refractivity contribution in [1.82, 2.24) is 14.8 Å². The number of piperidine rings is 1. The van der Waals surface area contributed by atoms with E-state index in [1.165, 1.54) is 16.7 Å². The van der Waals surface area contributed by atoms with Crippen molar-refractivity contribution in [3.8, 4) is 5.75 Å². The van der Waals surface area contributed by atoms with Gasteiger partial charge >= 0.3 is 0 Å². The molecule has 6 nitrogen and oxygen atoms in total. The van der Waals surface area contributed by atoms with Crippen molar-refractivity contribution in [3.05, 3.63) is 59.4 Å². The number of nitrogens with zero attached hydrogens (tertiary/aromatic N) is 3. The first-order valence-corrected chi connectivity index (χ1v) is 10.0. The molecule has 0 aliphatic carbocycles. The number of likely N-dealkylation sites (tertiary alicyclic amines) is 1. The van der Waals surface area contributed by atoms with Gasteiger partial charge in [0.15, 0.2) is 0 Å². The first kappa shape index (κ1) is 18.9. The topological polar surface area (TPSA) is 71.7 Å². The van der Waals surface area contributed by atoms with E-state index < -0.39 is 0 Å². The second-order valence-corrected chi connectivity index (χ2v) is 7.83. The Morgan fingerprint density at radius 2 is 1.93 bits per heavy atom. The number of amides is 1. The summed E-state index contributed by atoms with van der Waals surface area (Å²) in [6.45, 7) is 5.99. The fourth-order valence-electron chi connectivity index (χ4n) is 4.17. The highest BCUT2D eigenvalue weighted by atomic mass is 16.5. The van der Waals surface area contributed by atoms with Crippen LogP contribution < -0.4 is 10.5 Å². The quantitative estimate of drug-likeness (QED) is 0.861. The maximum absolute atomic E-state index is 11.5. The minimum atomic E-state index is -0.174. The summed E-state index contributed by atoms with van der Waals surface area (Å²) in [6.07, 6.45) is 5.62. The Balaban J connectivity index is 1.44. The van der Waals surface area contributed by atoms with Crippen LogP contribution in [0.1, 0.15) is 29.5 Å². The minimum absolute atomic E-state index is 0.0197. The van der Waals surface area contributed by atoms with Crippen molar-refractivity contribution in [3.63, 3.8) is 0 Å². The molecule has 4 rings (SSSR count). The summed E-state index contributed by atoms with van der Waals surface area (Å²) in [5.74, 6) is 0.787. The number of hydrogen-bond acceptors (Lipinski definition) is 5. The predicted molar refractivity (Wildman–Crippen MR) is 107 cm³/mol. The van der Waals surface area contributed by atoms with Crippen LogP contribution in [0.25, 0.3) is 0 Å². The van der Waals surface area contributed by atoms with E-state index in [9.17, 15) is 4.79 Å². The first-order chi connectivity index (χ1) is 13.7. The molecular weight excluding hydrogens is 352 g/mol. The third-order valence-electron chi connectivity index (χ3n) is 5.65. The molecule has 0 saturated carbocycles. The first-order valence-electron chi connectivity index (χ1n) is 10.0. The van der Waals surface area contributed by atoms with Crippen LogP contribution in [0.2, 0.25) is 0 Å². The lowest BCUT2D eigenvalue weighted by Crippen LogP contribution is -2.40. The average Bonchev–Trinajstić information content (AvgIpc) is 2.90. The number of pyridine rings is 1. The van der Waals surface area contributed by atoms with Crippen LogP contribution in [0, 0.1) is 5.92 Å². The smallest absolute Gasteiger partial charge is 0.221 e. The van der Waals surface area contributed by atoms with E-state index in [1.54, 1.807) is 0 Å². The zero-order valence-corrected chi connectivity index (χ0v) is 16.2. The third-order valence-corrected chi connectivity index (χ3v) is 5.65. The van der Waals surface area contributed by atoms with Gasteiger partial charge in [-0.05, 0) is 54.8 Å². The molecule has 6 heteroatoms. The number of primary amides is 1. The molecule has 3 heterocycles. The summed E-state index contributed by atoms with van der Waals surface area (Å²) in [5.41, 5.74) is 9.27. The number of rotatable bonds is 5. The Bertz CT molecular complexity index is 811. The molecule has 1 saturated heterocycles. The van der Waals surface area contributed by atoms with Crippen LogP contribution in [0.4, 0.5) is 0 Å². The second kappa shape index (κ2) is 8.71. The van der Waals surface area contributed by atoms with Crippen LogP contribution >= 0.6 is 0 Å². The zero-order chi connectivity index (χ0) is 19.3. The molecule has 2 N–H and O–H groups in total. The lowest BCUT2D eigenvalue weighted by Gasteiger charge is -2.31. The van der Waals surface area contributed by atoms with Crippen LogP contribution in [0.5, 0.6) is 5.75 Å². The van der Waals surface area contributed by atoms with Gasteiger partial charge in [0.2, 0.25) is 5.91 Å². The highest BCUT2D eigenvalue weighted by Crippen LogP contribution is 2.26. The molecule has 2 aliphatic rings. The second-order valence-electron chi connectivity index (χ2n) is 7.83. The maximum Gasteiger partial charge on any atom is 0.221 e. The Hall–Kier alpha value is -2.44. The Labute approximate surface area is 166 Å². The number of ether oxygens (including phenoxy) is 1. The van der Waals surface area contributed by atoms with E-state index >= 15 is 0 Å². The van der Waals surface area contributed by atoms with Crippen LogP contribution in [0.3, 0.4) is 0 Å². The van der Waals surface area contributed by atoms with Crippen LogP contribution in [-0.2, 0) is 24.4 Å². The molecule has 2 aromatic rings. The molecular formula is C22H28N4O2. The lowest BCUT2D eigenvalue weighted by molar-refractivity contribution is -0.123. The van der Waals surface area contributed by atoms with Crippen LogP contribution in [0.15, 0.2) is 42.7 Å². The zero-order valence-electron chi connectivity index (χ0n) is 16.2. The number of carbonyl (C=O) groups excluding carboxylic acids is 1. The molecule has 1 atom stereocenters. The third kappa shape index (κ3) is 4.69. The van der Waals surface area contributed by atoms with E-state index in [0.29, 0.717) is 6.61 Å². The molecule has 1 aromatic carbocycles. The molecule has 1 amide bonds. The van der Waals surface area contributed by atoms with E-state index in [2.05, 4.69) is 45.1 Å². The van der Waals surface area contributed by atoms with Gasteiger partial charge in [-0.1, -0.05) is 6.07 Å². The molecule has 1 fully saturated rings. The van der Waals surface area contributed by atoms with Gasteiger partial charge in [0.1, 0.15) is 12.4 Å². The van der Waals surface area contributed by atoms with Crippen molar-refractivity contribution in [1.29, 1.82) is 0 Å². The van der Waals surface area contributed by atoms with Gasteiger partial charge in [-0.15, -0.1) is 0 Å². The van der Waals surface area contributed by atoms with Crippen molar-refractivity contribution >= 4 is 5.91 Å². The summed E-state index contributed by atoms with van der Waals surface area (Å²) in [6, 6.07) is 10.6. The highest BCUT2D eigenvalue weighted by Gasteiger charge is 2.24. The molecule has 0 radical (unpaired) electrons. The van der Waals surface area contributed by atoms with Gasteiger partial charge in [0.25, 0.3) is 0 Å². The molecule has 0 spiro atoms. The molecule has 148 valence electrons. The van der Waals surface area contributed by atoms with E-state index in [-0.39, 0.29) is 11.8 Å². The number of aromatic nitrogens is 1. The summed E-state index contributed by atoms with van der Waals surface area (Å²) < 4.78 is 5.98. The van der Waals surface area contributed by atoms with Crippen LogP contribution in [-0.4, -0.2) is 46.9 Å². The fraction of sp³-hybridized carbons (Fsp3) is 0.455. The highest BCUT2D eigenvalue weighted by molar-refractivity contribution is 5.76. The van der Waals surface area contributed by atoms with E-state index in [1.807, 2.05) is 12.4 Å². The van der Waals surface area contributed by atoms with Gasteiger partial charge in [-0.2, -0.15) is 0 Å². The Morgan fingerprint density at radius 1 is 1.11 bits per heavy atom. The monoisotopic (exact) mass is 380 g/mol. The lowest BCUT2D eigenvalue weighted by atomic mass is 9.97. The SMILES string of the molecule is NC(=O)C1CCCN(Cc2ccc3c(c2)CN(Cc2ccncc2)CCO3)C1. The van der Waals surface area contributed by atoms with Crippen molar-refractivity contribution in [2.75, 3.05) is 26.2 Å². The minimum Gasteiger partial charge on any atom is -0.492 e. The van der Waals surface area contributed by atoms with Gasteiger partial charge in [0, 0.05) is 50.7 Å². The number of hydrogen-bond donors (Lipinski definition) is 1. The number of benzene rings is 1. The number of fused-ring (bicyclic) bond motifs is 1. The van der Waals surface area contributed by atoms with Gasteiger partial charge in [-0.3, -0.25) is 19.6 Å². The van der Waals surface area contributed by atoms with Gasteiger partial charge < -0.3 is 10.5 Å². The predicted octanol–water partition coefficient (Wildman–Crippen LogP) is 2.17. The summed E-state index contributed by atoms with van der Waals surface area (Å²) >= 11 is 0. The number of nitrogens with two attached hydrogens (primary N) is 1. The average molecular weight is 380 g/mol. The summed E-state index contributed by atoms with van der Waals surface area (Å²) in [4.78, 5) is 20.4. The van der Waals surface area contributed by atoms with Gasteiger partial charge in [-0.25, -0.2) is 0 Å². The fourth-order valence-corrected chi connectivity index (χ4v) is 4.17. The summed E-state index contributed by atoms with van der Waals surface area (Å²) in [5, 5.41) is 0. The molecule has 0 bridgehead atoms. The molecule has 28 heavy (non-hydrogen) atoms. The normalized spacial score (nSPS) is 20.8. The Morgan fingerprint density at radius 3 is 2.75 bits per heavy atom. The van der Waals surface area contributed by atoms with Crippen molar-refractivity contribution in [2.24, 2.45) is 11.7 Å². The van der Waals surface area contributed by atoms with E-state index in [0.717, 1.165) is 57.9 Å². The number of carbonyl (C=O) groups is 1. The van der Waals surface area contributed by atoms with Crippen molar-refractivity contribution in [2.45, 2.75) is 32.5 Å². The standard InChI is InChI=1S/C22H28N4O2/c23-22(27)19-2-1-9-25(15-19)14-18-3-4-21-20(12-18)16-26(10-11-28-21)13-17-5-7-24-8-6-17/h3-8,12,19H,1-2,9-11,13-16H2,(H2,23,27). The largest absolute Gasteiger partial charge is 0.492 e. The molecule has 1 unspecified atom stereocenters. The van der Waals surface area contributed by atoms with E-state index in [4.69, 9.17) is 10.5 Å². The molecule has 2 aliphatic heterocycles.